The molecule has 1 nitrogen and oxygen atoms in total. The van der Waals surface area contributed by atoms with Gasteiger partial charge in [0.25, 0.3) is 0 Å². The zero-order valence-corrected chi connectivity index (χ0v) is 17.9. The Morgan fingerprint density at radius 1 is 0.480 bits per heavy atom. The molecule has 1 heteroatoms. The van der Waals surface area contributed by atoms with Crippen molar-refractivity contribution in [2.45, 2.75) is 142 Å². The van der Waals surface area contributed by atoms with Crippen LogP contribution >= 0.6 is 0 Å². The van der Waals surface area contributed by atoms with E-state index in [2.05, 4.69) is 13.8 Å². The summed E-state index contributed by atoms with van der Waals surface area (Å²) in [5.74, 6) is 0.859. The number of hydrogen-bond donors (Lipinski definition) is 1. The van der Waals surface area contributed by atoms with E-state index in [1.54, 1.807) is 0 Å². The lowest BCUT2D eigenvalue weighted by atomic mass is 9.96. The topological polar surface area (TPSA) is 20.2 Å². The molecule has 0 aromatic heterocycles. The SMILES string of the molecule is CCCCCCCCCCCCCCCCCC[C@@H](C)CCCCO. The van der Waals surface area contributed by atoms with Crippen LogP contribution in [0, 0.1) is 5.92 Å². The molecule has 0 radical (unpaired) electrons. The molecule has 25 heavy (non-hydrogen) atoms. The summed E-state index contributed by atoms with van der Waals surface area (Å²) < 4.78 is 0. The molecule has 0 spiro atoms. The first-order chi connectivity index (χ1) is 12.3. The highest BCUT2D eigenvalue weighted by molar-refractivity contribution is 4.55. The smallest absolute Gasteiger partial charge is 0.0431 e. The van der Waals surface area contributed by atoms with E-state index in [0.29, 0.717) is 6.61 Å². The maximum Gasteiger partial charge on any atom is 0.0431 e. The molecule has 152 valence electrons. The van der Waals surface area contributed by atoms with Crippen molar-refractivity contribution in [2.24, 2.45) is 5.92 Å². The molecule has 0 unspecified atom stereocenters. The molecule has 0 bridgehead atoms. The van der Waals surface area contributed by atoms with Gasteiger partial charge in [0.15, 0.2) is 0 Å². The van der Waals surface area contributed by atoms with Crippen molar-refractivity contribution < 1.29 is 5.11 Å². The summed E-state index contributed by atoms with van der Waals surface area (Å²) in [6.07, 6.45) is 28.1. The van der Waals surface area contributed by atoms with Gasteiger partial charge >= 0.3 is 0 Å². The average Bonchev–Trinajstić information content (AvgIpc) is 2.61. The van der Waals surface area contributed by atoms with Crippen LogP contribution in [0.3, 0.4) is 0 Å². The van der Waals surface area contributed by atoms with Gasteiger partial charge in [-0.3, -0.25) is 0 Å². The van der Waals surface area contributed by atoms with Gasteiger partial charge in [0.2, 0.25) is 0 Å². The quantitative estimate of drug-likeness (QED) is 0.205. The molecule has 0 fully saturated rings. The lowest BCUT2D eigenvalue weighted by molar-refractivity contribution is 0.277. The fourth-order valence-electron chi connectivity index (χ4n) is 3.79. The Morgan fingerprint density at radius 2 is 0.800 bits per heavy atom. The summed E-state index contributed by atoms with van der Waals surface area (Å²) >= 11 is 0. The molecule has 1 N–H and O–H groups in total. The highest BCUT2D eigenvalue weighted by atomic mass is 16.2. The highest BCUT2D eigenvalue weighted by Crippen LogP contribution is 2.17. The lowest BCUT2D eigenvalue weighted by Gasteiger charge is -2.10. The van der Waals surface area contributed by atoms with Crippen molar-refractivity contribution in [3.8, 4) is 0 Å². The summed E-state index contributed by atoms with van der Waals surface area (Å²) in [7, 11) is 0. The van der Waals surface area contributed by atoms with Gasteiger partial charge in [-0.1, -0.05) is 136 Å². The fraction of sp³-hybridized carbons (Fsp3) is 1.00. The van der Waals surface area contributed by atoms with E-state index in [1.165, 1.54) is 122 Å². The first-order valence-electron chi connectivity index (χ1n) is 11.9. The van der Waals surface area contributed by atoms with E-state index in [0.717, 1.165) is 12.3 Å². The molecule has 0 aliphatic heterocycles. The van der Waals surface area contributed by atoms with Gasteiger partial charge in [0.05, 0.1) is 0 Å². The predicted molar refractivity (Wildman–Crippen MR) is 114 cm³/mol. The Bertz CT molecular complexity index is 226. The summed E-state index contributed by atoms with van der Waals surface area (Å²) in [5, 5.41) is 8.80. The summed E-state index contributed by atoms with van der Waals surface area (Å²) in [5.41, 5.74) is 0. The average molecular weight is 355 g/mol. The summed E-state index contributed by atoms with van der Waals surface area (Å²) in [6, 6.07) is 0. The molecule has 0 heterocycles. The zero-order valence-electron chi connectivity index (χ0n) is 17.9. The van der Waals surface area contributed by atoms with Gasteiger partial charge in [0, 0.05) is 6.61 Å². The first kappa shape index (κ1) is 25.0. The van der Waals surface area contributed by atoms with Crippen LogP contribution in [-0.4, -0.2) is 11.7 Å². The van der Waals surface area contributed by atoms with Crippen LogP contribution in [0.2, 0.25) is 0 Å². The maximum absolute atomic E-state index is 8.80. The van der Waals surface area contributed by atoms with E-state index in [4.69, 9.17) is 5.11 Å². The summed E-state index contributed by atoms with van der Waals surface area (Å²) in [4.78, 5) is 0. The van der Waals surface area contributed by atoms with E-state index in [9.17, 15) is 0 Å². The normalized spacial score (nSPS) is 12.6. The van der Waals surface area contributed by atoms with Gasteiger partial charge in [-0.05, 0) is 12.3 Å². The van der Waals surface area contributed by atoms with Crippen LogP contribution in [0.1, 0.15) is 142 Å². The van der Waals surface area contributed by atoms with Crippen LogP contribution in [-0.2, 0) is 0 Å². The van der Waals surface area contributed by atoms with Crippen molar-refractivity contribution in [3.63, 3.8) is 0 Å². The Balaban J connectivity index is 3.05. The third-order valence-electron chi connectivity index (χ3n) is 5.66. The molecule has 0 saturated carbocycles. The van der Waals surface area contributed by atoms with Gasteiger partial charge in [-0.15, -0.1) is 0 Å². The van der Waals surface area contributed by atoms with Crippen molar-refractivity contribution in [3.05, 3.63) is 0 Å². The van der Waals surface area contributed by atoms with Crippen molar-refractivity contribution >= 4 is 0 Å². The van der Waals surface area contributed by atoms with Gasteiger partial charge in [0.1, 0.15) is 0 Å². The molecular formula is C24H50O. The molecule has 0 saturated heterocycles. The molecule has 0 aliphatic carbocycles. The molecular weight excluding hydrogens is 304 g/mol. The third-order valence-corrected chi connectivity index (χ3v) is 5.66. The second kappa shape index (κ2) is 22.0. The Hall–Kier alpha value is -0.0400. The number of hydrogen-bond acceptors (Lipinski definition) is 1. The molecule has 1 atom stereocenters. The number of aliphatic hydroxyl groups excluding tert-OH is 1. The van der Waals surface area contributed by atoms with Crippen LogP contribution in [0.4, 0.5) is 0 Å². The molecule has 0 aromatic carbocycles. The van der Waals surface area contributed by atoms with E-state index in [-0.39, 0.29) is 0 Å². The molecule has 0 aliphatic rings. The minimum Gasteiger partial charge on any atom is -0.396 e. The van der Waals surface area contributed by atoms with E-state index < -0.39 is 0 Å². The standard InChI is InChI=1S/C24H50O/c1-3-4-5-6-7-8-9-10-11-12-13-14-15-16-17-18-21-24(2)22-19-20-23-25/h24-25H,3-23H2,1-2H3/t24-/m1/s1. The van der Waals surface area contributed by atoms with Crippen LogP contribution in [0.5, 0.6) is 0 Å². The Kier molecular flexibility index (Phi) is 22.0. The van der Waals surface area contributed by atoms with Crippen LogP contribution < -0.4 is 0 Å². The molecule has 0 rings (SSSR count). The monoisotopic (exact) mass is 354 g/mol. The largest absolute Gasteiger partial charge is 0.396 e. The minimum atomic E-state index is 0.367. The second-order valence-electron chi connectivity index (χ2n) is 8.42. The van der Waals surface area contributed by atoms with Crippen LogP contribution in [0.25, 0.3) is 0 Å². The van der Waals surface area contributed by atoms with E-state index >= 15 is 0 Å². The van der Waals surface area contributed by atoms with Crippen molar-refractivity contribution in [2.75, 3.05) is 6.61 Å². The van der Waals surface area contributed by atoms with E-state index in [1.807, 2.05) is 0 Å². The van der Waals surface area contributed by atoms with Gasteiger partial charge < -0.3 is 5.11 Å². The number of rotatable bonds is 21. The predicted octanol–water partition coefficient (Wildman–Crippen LogP) is 8.44. The maximum atomic E-state index is 8.80. The van der Waals surface area contributed by atoms with Crippen molar-refractivity contribution in [1.29, 1.82) is 0 Å². The lowest BCUT2D eigenvalue weighted by Crippen LogP contribution is -1.96. The van der Waals surface area contributed by atoms with Gasteiger partial charge in [-0.25, -0.2) is 0 Å². The minimum absolute atomic E-state index is 0.367. The number of aliphatic hydroxyl groups is 1. The highest BCUT2D eigenvalue weighted by Gasteiger charge is 2.01. The second-order valence-corrected chi connectivity index (χ2v) is 8.42. The summed E-state index contributed by atoms with van der Waals surface area (Å²) in [6.45, 7) is 5.04. The van der Waals surface area contributed by atoms with Gasteiger partial charge in [-0.2, -0.15) is 0 Å². The zero-order chi connectivity index (χ0) is 18.4. The first-order valence-corrected chi connectivity index (χ1v) is 11.9. The fourth-order valence-corrected chi connectivity index (χ4v) is 3.79. The van der Waals surface area contributed by atoms with Crippen LogP contribution in [0.15, 0.2) is 0 Å². The Labute approximate surface area is 160 Å². The third kappa shape index (κ3) is 21.9. The Morgan fingerprint density at radius 3 is 1.16 bits per heavy atom. The molecule has 0 amide bonds. The number of unbranched alkanes of at least 4 members (excludes halogenated alkanes) is 16. The molecule has 0 aromatic rings. The van der Waals surface area contributed by atoms with Crippen molar-refractivity contribution in [1.82, 2.24) is 0 Å².